The maximum absolute atomic E-state index is 12.9. The summed E-state index contributed by atoms with van der Waals surface area (Å²) < 4.78 is 59.9. The molecule has 2 saturated heterocycles. The van der Waals surface area contributed by atoms with Crippen LogP contribution in [0.4, 0.5) is 23.7 Å². The maximum atomic E-state index is 12.9. The number of alkyl halides is 3. The minimum absolute atomic E-state index is 0.0183. The van der Waals surface area contributed by atoms with Gasteiger partial charge in [0.2, 0.25) is 0 Å². The number of amides is 2. The van der Waals surface area contributed by atoms with Crippen molar-refractivity contribution in [3.05, 3.63) is 65.2 Å². The molecule has 0 spiro atoms. The van der Waals surface area contributed by atoms with E-state index in [4.69, 9.17) is 14.2 Å². The lowest BCUT2D eigenvalue weighted by Crippen LogP contribution is -2.44. The molecule has 0 saturated carbocycles. The summed E-state index contributed by atoms with van der Waals surface area (Å²) in [5.74, 6) is -1.04. The van der Waals surface area contributed by atoms with E-state index in [2.05, 4.69) is 15.4 Å². The van der Waals surface area contributed by atoms with E-state index in [1.807, 2.05) is 0 Å². The molecule has 4 rings (SSSR count). The Labute approximate surface area is 197 Å². The van der Waals surface area contributed by atoms with E-state index < -0.39 is 54.1 Å². The second kappa shape index (κ2) is 9.92. The van der Waals surface area contributed by atoms with Gasteiger partial charge >= 0.3 is 18.2 Å². The number of carbonyl (C=O) groups excluding carboxylic acids is 3. The largest absolute Gasteiger partial charge is 0.465 e. The number of ether oxygens (including phenoxy) is 4. The first-order valence-electron chi connectivity index (χ1n) is 10.5. The number of rotatable bonds is 5. The van der Waals surface area contributed by atoms with Gasteiger partial charge in [-0.1, -0.05) is 12.1 Å². The molecule has 2 aliphatic heterocycles. The minimum atomic E-state index is -4.55. The van der Waals surface area contributed by atoms with Crippen molar-refractivity contribution < 1.29 is 46.5 Å². The van der Waals surface area contributed by atoms with Gasteiger partial charge in [0.25, 0.3) is 5.91 Å². The average molecular weight is 494 g/mol. The lowest BCUT2D eigenvalue weighted by molar-refractivity contribution is -0.137. The van der Waals surface area contributed by atoms with Gasteiger partial charge in [0, 0.05) is 11.3 Å². The van der Waals surface area contributed by atoms with E-state index >= 15 is 0 Å². The highest BCUT2D eigenvalue weighted by molar-refractivity contribution is 5.98. The molecule has 0 radical (unpaired) electrons. The van der Waals surface area contributed by atoms with Crippen molar-refractivity contribution in [2.45, 2.75) is 30.5 Å². The van der Waals surface area contributed by atoms with Crippen molar-refractivity contribution in [3.8, 4) is 0 Å². The van der Waals surface area contributed by atoms with Crippen LogP contribution in [0.15, 0.2) is 48.5 Å². The Kier molecular flexibility index (Phi) is 6.94. The summed E-state index contributed by atoms with van der Waals surface area (Å²) in [5, 5.41) is 5.05. The van der Waals surface area contributed by atoms with Gasteiger partial charge in [-0.25, -0.2) is 9.59 Å². The van der Waals surface area contributed by atoms with Crippen molar-refractivity contribution >= 4 is 23.7 Å². The van der Waals surface area contributed by atoms with Crippen LogP contribution in [-0.4, -0.2) is 62.6 Å². The number of carbonyl (C=O) groups is 3. The summed E-state index contributed by atoms with van der Waals surface area (Å²) in [6.07, 6.45) is -7.61. The normalized spacial score (nSPS) is 23.3. The van der Waals surface area contributed by atoms with Crippen LogP contribution < -0.4 is 10.6 Å². The first-order valence-corrected chi connectivity index (χ1v) is 10.5. The number of nitrogens with one attached hydrogen (secondary N) is 2. The predicted octanol–water partition coefficient (Wildman–Crippen LogP) is 3.01. The molecular formula is C23H21F3N2O7. The fourth-order valence-corrected chi connectivity index (χ4v) is 3.90. The molecule has 2 aromatic rings. The van der Waals surface area contributed by atoms with Crippen molar-refractivity contribution in [2.75, 3.05) is 25.6 Å². The van der Waals surface area contributed by atoms with Crippen molar-refractivity contribution in [3.63, 3.8) is 0 Å². The summed E-state index contributed by atoms with van der Waals surface area (Å²) in [4.78, 5) is 36.6. The Morgan fingerprint density at radius 1 is 0.971 bits per heavy atom. The SMILES string of the molecule is COC(=O)c1cccc(C(=O)NC2COC3C(OC(=O)Nc4cccc(C(F)(F)F)c4)COC23)c1. The second-order valence-corrected chi connectivity index (χ2v) is 7.90. The monoisotopic (exact) mass is 494 g/mol. The topological polar surface area (TPSA) is 112 Å². The van der Waals surface area contributed by atoms with Crippen LogP contribution in [0.1, 0.15) is 26.3 Å². The fourth-order valence-electron chi connectivity index (χ4n) is 3.90. The van der Waals surface area contributed by atoms with Gasteiger partial charge in [0.1, 0.15) is 12.2 Å². The molecule has 2 N–H and O–H groups in total. The van der Waals surface area contributed by atoms with Gasteiger partial charge in [0.15, 0.2) is 6.10 Å². The minimum Gasteiger partial charge on any atom is -0.465 e. The van der Waals surface area contributed by atoms with Crippen LogP contribution in [0, 0.1) is 0 Å². The van der Waals surface area contributed by atoms with Crippen molar-refractivity contribution in [1.29, 1.82) is 0 Å². The number of fused-ring (bicyclic) bond motifs is 1. The number of methoxy groups -OCH3 is 1. The molecule has 2 amide bonds. The Morgan fingerprint density at radius 3 is 2.43 bits per heavy atom. The molecule has 0 aromatic heterocycles. The molecule has 0 bridgehead atoms. The van der Waals surface area contributed by atoms with E-state index in [-0.39, 0.29) is 30.0 Å². The fraction of sp³-hybridized carbons (Fsp3) is 0.348. The lowest BCUT2D eigenvalue weighted by Gasteiger charge is -2.18. The van der Waals surface area contributed by atoms with Gasteiger partial charge in [-0.05, 0) is 36.4 Å². The van der Waals surface area contributed by atoms with Crippen LogP contribution >= 0.6 is 0 Å². The summed E-state index contributed by atoms with van der Waals surface area (Å²) in [7, 11) is 1.24. The molecule has 186 valence electrons. The molecule has 9 nitrogen and oxygen atoms in total. The molecular weight excluding hydrogens is 473 g/mol. The molecule has 4 unspecified atom stereocenters. The number of anilines is 1. The summed E-state index contributed by atoms with van der Waals surface area (Å²) in [6, 6.07) is 9.61. The van der Waals surface area contributed by atoms with Gasteiger partial charge in [-0.3, -0.25) is 10.1 Å². The standard InChI is InChI=1S/C23H21F3N2O7/c1-32-21(30)13-5-2-4-12(8-13)20(29)28-16-10-33-19-17(11-34-18(16)19)35-22(31)27-15-7-3-6-14(9-15)23(24,25)26/h2-9,16-19H,10-11H2,1H3,(H,27,31)(H,28,29). The highest BCUT2D eigenvalue weighted by Gasteiger charge is 2.50. The predicted molar refractivity (Wildman–Crippen MR) is 114 cm³/mol. The zero-order valence-corrected chi connectivity index (χ0v) is 18.3. The van der Waals surface area contributed by atoms with Gasteiger partial charge in [0.05, 0.1) is 37.5 Å². The van der Waals surface area contributed by atoms with Gasteiger partial charge < -0.3 is 24.3 Å². The molecule has 2 aliphatic rings. The Bertz CT molecular complexity index is 1120. The van der Waals surface area contributed by atoms with E-state index in [1.54, 1.807) is 6.07 Å². The number of hydrogen-bond donors (Lipinski definition) is 2. The summed E-state index contributed by atoms with van der Waals surface area (Å²) in [6.45, 7) is 0.0718. The average Bonchev–Trinajstić information content (AvgIpc) is 3.41. The summed E-state index contributed by atoms with van der Waals surface area (Å²) >= 11 is 0. The molecule has 4 atom stereocenters. The highest BCUT2D eigenvalue weighted by Crippen LogP contribution is 2.32. The molecule has 0 aliphatic carbocycles. The second-order valence-electron chi connectivity index (χ2n) is 7.90. The van der Waals surface area contributed by atoms with Gasteiger partial charge in [-0.15, -0.1) is 0 Å². The maximum Gasteiger partial charge on any atom is 0.416 e. The quantitative estimate of drug-likeness (QED) is 0.615. The van der Waals surface area contributed by atoms with Crippen LogP contribution in [0.5, 0.6) is 0 Å². The third-order valence-electron chi connectivity index (χ3n) is 5.57. The van der Waals surface area contributed by atoms with Crippen molar-refractivity contribution in [1.82, 2.24) is 5.32 Å². The third kappa shape index (κ3) is 5.54. The van der Waals surface area contributed by atoms with E-state index in [0.29, 0.717) is 0 Å². The van der Waals surface area contributed by atoms with Crippen LogP contribution in [0.2, 0.25) is 0 Å². The third-order valence-corrected chi connectivity index (χ3v) is 5.57. The highest BCUT2D eigenvalue weighted by atomic mass is 19.4. The smallest absolute Gasteiger partial charge is 0.416 e. The zero-order valence-electron chi connectivity index (χ0n) is 18.3. The first-order chi connectivity index (χ1) is 16.7. The lowest BCUT2D eigenvalue weighted by atomic mass is 10.1. The van der Waals surface area contributed by atoms with Gasteiger partial charge in [-0.2, -0.15) is 13.2 Å². The van der Waals surface area contributed by atoms with E-state index in [0.717, 1.165) is 12.1 Å². The molecule has 12 heteroatoms. The number of hydrogen-bond acceptors (Lipinski definition) is 7. The Balaban J connectivity index is 1.33. The molecule has 2 heterocycles. The molecule has 2 aromatic carbocycles. The van der Waals surface area contributed by atoms with E-state index in [9.17, 15) is 27.6 Å². The van der Waals surface area contributed by atoms with Crippen LogP contribution in [0.3, 0.4) is 0 Å². The number of esters is 1. The van der Waals surface area contributed by atoms with E-state index in [1.165, 1.54) is 37.4 Å². The first kappa shape index (κ1) is 24.5. The summed E-state index contributed by atoms with van der Waals surface area (Å²) in [5.41, 5.74) is -0.526. The van der Waals surface area contributed by atoms with Crippen LogP contribution in [0.25, 0.3) is 0 Å². The number of halogens is 3. The van der Waals surface area contributed by atoms with Crippen LogP contribution in [-0.2, 0) is 25.1 Å². The Hall–Kier alpha value is -3.64. The molecule has 2 fully saturated rings. The Morgan fingerprint density at radius 2 is 1.69 bits per heavy atom. The van der Waals surface area contributed by atoms with Crippen molar-refractivity contribution in [2.24, 2.45) is 0 Å². The molecule has 35 heavy (non-hydrogen) atoms. The number of benzene rings is 2. The zero-order chi connectivity index (χ0) is 25.2.